The van der Waals surface area contributed by atoms with Crippen LogP contribution in [0.15, 0.2) is 30.6 Å². The second-order valence-electron chi connectivity index (χ2n) is 3.84. The number of aryl methyl sites for hydroxylation is 1. The molecule has 0 spiro atoms. The number of carbonyl (C=O) groups is 1. The Morgan fingerprint density at radius 3 is 3.06 bits per heavy atom. The first-order chi connectivity index (χ1) is 8.70. The van der Waals surface area contributed by atoms with Gasteiger partial charge in [-0.1, -0.05) is 6.07 Å². The fourth-order valence-electron chi connectivity index (χ4n) is 1.62. The number of hydrogen-bond acceptors (Lipinski definition) is 4. The first-order valence-corrected chi connectivity index (χ1v) is 5.71. The minimum atomic E-state index is -0.173. The molecule has 0 aliphatic rings. The minimum absolute atomic E-state index is 0.173. The van der Waals surface area contributed by atoms with Gasteiger partial charge in [0, 0.05) is 17.8 Å². The number of amides is 1. The summed E-state index contributed by atoms with van der Waals surface area (Å²) in [6.07, 6.45) is 1.64. The average Bonchev–Trinajstić information content (AvgIpc) is 2.83. The van der Waals surface area contributed by atoms with Crippen LogP contribution < -0.4 is 11.1 Å². The molecule has 6 heteroatoms. The van der Waals surface area contributed by atoms with Gasteiger partial charge in [0.25, 0.3) is 5.91 Å². The third kappa shape index (κ3) is 2.65. The average molecular weight is 245 g/mol. The van der Waals surface area contributed by atoms with Gasteiger partial charge in [-0.2, -0.15) is 0 Å². The second kappa shape index (κ2) is 5.31. The summed E-state index contributed by atoms with van der Waals surface area (Å²) in [7, 11) is 0. The number of aromatic nitrogens is 3. The van der Waals surface area contributed by atoms with Crippen LogP contribution in [0.25, 0.3) is 0 Å². The van der Waals surface area contributed by atoms with Gasteiger partial charge in [-0.3, -0.25) is 4.79 Å². The van der Waals surface area contributed by atoms with Gasteiger partial charge >= 0.3 is 0 Å². The SMILES string of the molecule is CCn1cnnc1CNC(=O)c1cccc(N)c1. The standard InChI is InChI=1S/C12H15N5O/c1-2-17-8-15-16-11(17)7-14-12(18)9-4-3-5-10(13)6-9/h3-6,8H,2,7,13H2,1H3,(H,14,18). The maximum absolute atomic E-state index is 11.9. The maximum atomic E-state index is 11.9. The number of nitrogen functional groups attached to an aromatic ring is 1. The Morgan fingerprint density at radius 2 is 2.33 bits per heavy atom. The third-order valence-electron chi connectivity index (χ3n) is 2.59. The van der Waals surface area contributed by atoms with Crippen molar-refractivity contribution >= 4 is 11.6 Å². The van der Waals surface area contributed by atoms with E-state index in [2.05, 4.69) is 15.5 Å². The quantitative estimate of drug-likeness (QED) is 0.780. The monoisotopic (exact) mass is 245 g/mol. The van der Waals surface area contributed by atoms with Crippen molar-refractivity contribution < 1.29 is 4.79 Å². The Kier molecular flexibility index (Phi) is 3.57. The highest BCUT2D eigenvalue weighted by atomic mass is 16.1. The summed E-state index contributed by atoms with van der Waals surface area (Å²) < 4.78 is 1.87. The molecule has 18 heavy (non-hydrogen) atoms. The first-order valence-electron chi connectivity index (χ1n) is 5.71. The van der Waals surface area contributed by atoms with E-state index in [1.165, 1.54) is 0 Å². The molecule has 0 saturated carbocycles. The molecule has 0 bridgehead atoms. The molecule has 1 amide bonds. The molecule has 2 rings (SSSR count). The van der Waals surface area contributed by atoms with Gasteiger partial charge in [0.1, 0.15) is 6.33 Å². The lowest BCUT2D eigenvalue weighted by atomic mass is 10.2. The molecular formula is C12H15N5O. The van der Waals surface area contributed by atoms with Crippen LogP contribution in [0.5, 0.6) is 0 Å². The summed E-state index contributed by atoms with van der Waals surface area (Å²) in [5, 5.41) is 10.5. The molecule has 0 saturated heterocycles. The van der Waals surface area contributed by atoms with Crippen molar-refractivity contribution in [3.8, 4) is 0 Å². The Morgan fingerprint density at radius 1 is 1.50 bits per heavy atom. The van der Waals surface area contributed by atoms with Crippen LogP contribution in [0.4, 0.5) is 5.69 Å². The van der Waals surface area contributed by atoms with E-state index < -0.39 is 0 Å². The van der Waals surface area contributed by atoms with Crippen molar-refractivity contribution in [3.05, 3.63) is 42.0 Å². The van der Waals surface area contributed by atoms with Crippen molar-refractivity contribution in [2.75, 3.05) is 5.73 Å². The molecule has 1 aromatic heterocycles. The predicted octanol–water partition coefficient (Wildman–Crippen LogP) is 0.810. The summed E-state index contributed by atoms with van der Waals surface area (Å²) >= 11 is 0. The number of nitrogens with one attached hydrogen (secondary N) is 1. The van der Waals surface area contributed by atoms with E-state index in [0.717, 1.165) is 12.4 Å². The van der Waals surface area contributed by atoms with Crippen molar-refractivity contribution in [1.29, 1.82) is 0 Å². The molecule has 0 unspecified atom stereocenters. The Bertz CT molecular complexity index is 549. The highest BCUT2D eigenvalue weighted by Gasteiger charge is 2.08. The molecule has 0 aliphatic carbocycles. The van der Waals surface area contributed by atoms with Crippen LogP contribution >= 0.6 is 0 Å². The van der Waals surface area contributed by atoms with E-state index in [1.54, 1.807) is 30.6 Å². The number of nitrogens with two attached hydrogens (primary N) is 1. The highest BCUT2D eigenvalue weighted by Crippen LogP contribution is 2.06. The number of anilines is 1. The van der Waals surface area contributed by atoms with Gasteiger partial charge in [0.2, 0.25) is 0 Å². The topological polar surface area (TPSA) is 85.8 Å². The molecule has 0 atom stereocenters. The predicted molar refractivity (Wildman–Crippen MR) is 67.7 cm³/mol. The Hall–Kier alpha value is -2.37. The normalized spacial score (nSPS) is 10.3. The summed E-state index contributed by atoms with van der Waals surface area (Å²) in [4.78, 5) is 11.9. The molecule has 94 valence electrons. The zero-order valence-electron chi connectivity index (χ0n) is 10.1. The van der Waals surface area contributed by atoms with E-state index in [-0.39, 0.29) is 5.91 Å². The van der Waals surface area contributed by atoms with Crippen LogP contribution in [-0.4, -0.2) is 20.7 Å². The minimum Gasteiger partial charge on any atom is -0.399 e. The zero-order valence-corrected chi connectivity index (χ0v) is 10.1. The molecule has 6 nitrogen and oxygen atoms in total. The molecular weight excluding hydrogens is 230 g/mol. The van der Waals surface area contributed by atoms with Gasteiger partial charge in [-0.25, -0.2) is 0 Å². The van der Waals surface area contributed by atoms with E-state index >= 15 is 0 Å². The van der Waals surface area contributed by atoms with Crippen molar-refractivity contribution in [2.24, 2.45) is 0 Å². The van der Waals surface area contributed by atoms with Crippen LogP contribution in [-0.2, 0) is 13.1 Å². The molecule has 0 aliphatic heterocycles. The maximum Gasteiger partial charge on any atom is 0.251 e. The molecule has 3 N–H and O–H groups in total. The summed E-state index contributed by atoms with van der Waals surface area (Å²) in [6.45, 7) is 3.12. The number of carbonyl (C=O) groups excluding carboxylic acids is 1. The molecule has 1 heterocycles. The number of hydrogen-bond donors (Lipinski definition) is 2. The Labute approximate surface area is 105 Å². The number of rotatable bonds is 4. The number of benzene rings is 1. The summed E-state index contributed by atoms with van der Waals surface area (Å²) in [6, 6.07) is 6.85. The van der Waals surface area contributed by atoms with Gasteiger partial charge in [0.05, 0.1) is 6.54 Å². The van der Waals surface area contributed by atoms with E-state index in [4.69, 9.17) is 5.73 Å². The van der Waals surface area contributed by atoms with E-state index in [0.29, 0.717) is 17.8 Å². The largest absolute Gasteiger partial charge is 0.399 e. The van der Waals surface area contributed by atoms with Gasteiger partial charge < -0.3 is 15.6 Å². The lowest BCUT2D eigenvalue weighted by Crippen LogP contribution is -2.24. The van der Waals surface area contributed by atoms with Crippen LogP contribution in [0.3, 0.4) is 0 Å². The number of nitrogens with zero attached hydrogens (tertiary/aromatic N) is 3. The summed E-state index contributed by atoms with van der Waals surface area (Å²) in [5.74, 6) is 0.558. The Balaban J connectivity index is 2.00. The molecule has 2 aromatic rings. The lowest BCUT2D eigenvalue weighted by Gasteiger charge is -2.06. The van der Waals surface area contributed by atoms with Crippen LogP contribution in [0.2, 0.25) is 0 Å². The zero-order chi connectivity index (χ0) is 13.0. The molecule has 0 radical (unpaired) electrons. The van der Waals surface area contributed by atoms with E-state index in [9.17, 15) is 4.79 Å². The van der Waals surface area contributed by atoms with Crippen molar-refractivity contribution in [3.63, 3.8) is 0 Å². The van der Waals surface area contributed by atoms with Crippen LogP contribution in [0, 0.1) is 0 Å². The fourth-order valence-corrected chi connectivity index (χ4v) is 1.62. The fraction of sp³-hybridized carbons (Fsp3) is 0.250. The van der Waals surface area contributed by atoms with Gasteiger partial charge in [-0.15, -0.1) is 10.2 Å². The van der Waals surface area contributed by atoms with Crippen molar-refractivity contribution in [1.82, 2.24) is 20.1 Å². The van der Waals surface area contributed by atoms with Crippen molar-refractivity contribution in [2.45, 2.75) is 20.0 Å². The highest BCUT2D eigenvalue weighted by molar-refractivity contribution is 5.94. The smallest absolute Gasteiger partial charge is 0.251 e. The lowest BCUT2D eigenvalue weighted by molar-refractivity contribution is 0.0949. The third-order valence-corrected chi connectivity index (χ3v) is 2.59. The second-order valence-corrected chi connectivity index (χ2v) is 3.84. The van der Waals surface area contributed by atoms with Gasteiger partial charge in [-0.05, 0) is 25.1 Å². The summed E-state index contributed by atoms with van der Waals surface area (Å²) in [5.41, 5.74) is 6.73. The molecule has 1 aromatic carbocycles. The molecule has 0 fully saturated rings. The van der Waals surface area contributed by atoms with Crippen LogP contribution in [0.1, 0.15) is 23.1 Å². The van der Waals surface area contributed by atoms with Gasteiger partial charge in [0.15, 0.2) is 5.82 Å². The first kappa shape index (κ1) is 12.1. The van der Waals surface area contributed by atoms with E-state index in [1.807, 2.05) is 11.5 Å².